The summed E-state index contributed by atoms with van der Waals surface area (Å²) in [4.78, 5) is 11.9. The molecule has 1 aromatic carbocycles. The second-order valence-corrected chi connectivity index (χ2v) is 5.36. The van der Waals surface area contributed by atoms with Gasteiger partial charge < -0.3 is 5.32 Å². The molecule has 1 fully saturated rings. The quantitative estimate of drug-likeness (QED) is 0.881. The maximum atomic E-state index is 13.9. The van der Waals surface area contributed by atoms with Gasteiger partial charge in [-0.25, -0.2) is 17.9 Å². The predicted octanol–water partition coefficient (Wildman–Crippen LogP) is 2.21. The molecule has 4 nitrogen and oxygen atoms in total. The number of halogens is 3. The smallest absolute Gasteiger partial charge is 0.204 e. The summed E-state index contributed by atoms with van der Waals surface area (Å²) in [6, 6.07) is 3.61. The molecule has 116 valence electrons. The predicted molar refractivity (Wildman–Crippen MR) is 74.3 cm³/mol. The summed E-state index contributed by atoms with van der Waals surface area (Å²) < 4.78 is 41.4. The Hall–Kier alpha value is -2.15. The van der Waals surface area contributed by atoms with Gasteiger partial charge in [0.05, 0.1) is 0 Å². The van der Waals surface area contributed by atoms with E-state index in [4.69, 9.17) is 0 Å². The summed E-state index contributed by atoms with van der Waals surface area (Å²) in [5.74, 6) is -4.16. The van der Waals surface area contributed by atoms with Crippen molar-refractivity contribution in [3.05, 3.63) is 57.3 Å². The van der Waals surface area contributed by atoms with Gasteiger partial charge in [0.1, 0.15) is 11.4 Å². The lowest BCUT2D eigenvalue weighted by Crippen LogP contribution is -2.26. The lowest BCUT2D eigenvalue weighted by atomic mass is 10.2. The summed E-state index contributed by atoms with van der Waals surface area (Å²) in [7, 11) is 0. The Bertz CT molecular complexity index is 784. The van der Waals surface area contributed by atoms with Gasteiger partial charge in [-0.05, 0) is 31.9 Å². The van der Waals surface area contributed by atoms with Crippen molar-refractivity contribution in [2.45, 2.75) is 32.4 Å². The number of benzene rings is 1. The van der Waals surface area contributed by atoms with Crippen LogP contribution in [0.1, 0.15) is 24.2 Å². The van der Waals surface area contributed by atoms with Gasteiger partial charge in [0.15, 0.2) is 17.5 Å². The number of rotatable bonds is 4. The third kappa shape index (κ3) is 2.76. The van der Waals surface area contributed by atoms with Crippen LogP contribution in [0.2, 0.25) is 0 Å². The highest BCUT2D eigenvalue weighted by Crippen LogP contribution is 2.20. The Morgan fingerprint density at radius 3 is 2.68 bits per heavy atom. The summed E-state index contributed by atoms with van der Waals surface area (Å²) in [6.07, 6.45) is 2.11. The zero-order chi connectivity index (χ0) is 15.9. The number of hydrogen-bond acceptors (Lipinski definition) is 3. The van der Waals surface area contributed by atoms with Crippen molar-refractivity contribution in [1.82, 2.24) is 15.1 Å². The van der Waals surface area contributed by atoms with Crippen molar-refractivity contribution < 1.29 is 13.2 Å². The van der Waals surface area contributed by atoms with Gasteiger partial charge in [-0.15, -0.1) is 0 Å². The molecule has 1 aliphatic rings. The van der Waals surface area contributed by atoms with Crippen LogP contribution in [-0.4, -0.2) is 15.8 Å². The highest BCUT2D eigenvalue weighted by atomic mass is 19.2. The fourth-order valence-electron chi connectivity index (χ4n) is 2.16. The molecule has 0 radical (unpaired) electrons. The van der Waals surface area contributed by atoms with Gasteiger partial charge in [0.2, 0.25) is 5.43 Å². The molecule has 1 saturated carbocycles. The molecule has 0 saturated heterocycles. The SMILES string of the molecule is Cc1cc(=O)c(CNC2CC2)nn1-c1ccc(F)c(F)c1F. The van der Waals surface area contributed by atoms with Crippen LogP contribution >= 0.6 is 0 Å². The summed E-state index contributed by atoms with van der Waals surface area (Å²) in [5, 5.41) is 7.23. The Morgan fingerprint density at radius 2 is 2.00 bits per heavy atom. The van der Waals surface area contributed by atoms with E-state index in [2.05, 4.69) is 10.4 Å². The van der Waals surface area contributed by atoms with Crippen LogP contribution in [0.4, 0.5) is 13.2 Å². The van der Waals surface area contributed by atoms with Crippen molar-refractivity contribution in [3.8, 4) is 5.69 Å². The lowest BCUT2D eigenvalue weighted by Gasteiger charge is -2.13. The van der Waals surface area contributed by atoms with Crippen LogP contribution in [0.15, 0.2) is 23.0 Å². The molecule has 0 bridgehead atoms. The van der Waals surface area contributed by atoms with E-state index in [0.717, 1.165) is 29.7 Å². The van der Waals surface area contributed by atoms with E-state index >= 15 is 0 Å². The molecular formula is C15H14F3N3O. The van der Waals surface area contributed by atoms with Gasteiger partial charge in [0.25, 0.3) is 0 Å². The fourth-order valence-corrected chi connectivity index (χ4v) is 2.16. The molecule has 2 aromatic rings. The molecule has 1 aromatic heterocycles. The van der Waals surface area contributed by atoms with Gasteiger partial charge in [-0.1, -0.05) is 0 Å². The van der Waals surface area contributed by atoms with Crippen LogP contribution in [-0.2, 0) is 6.54 Å². The average Bonchev–Trinajstić information content (AvgIpc) is 3.29. The first kappa shape index (κ1) is 14.8. The number of hydrogen-bond donors (Lipinski definition) is 1. The minimum Gasteiger partial charge on any atom is -0.308 e. The third-order valence-electron chi connectivity index (χ3n) is 3.56. The minimum atomic E-state index is -1.56. The highest BCUT2D eigenvalue weighted by molar-refractivity contribution is 5.35. The fraction of sp³-hybridized carbons (Fsp3) is 0.333. The van der Waals surface area contributed by atoms with Gasteiger partial charge >= 0.3 is 0 Å². The molecule has 22 heavy (non-hydrogen) atoms. The van der Waals surface area contributed by atoms with E-state index in [1.807, 2.05) is 0 Å². The number of nitrogens with zero attached hydrogens (tertiary/aromatic N) is 2. The minimum absolute atomic E-state index is 0.210. The first-order chi connectivity index (χ1) is 10.5. The summed E-state index contributed by atoms with van der Waals surface area (Å²) in [5.41, 5.74) is 0.0423. The van der Waals surface area contributed by atoms with Crippen molar-refractivity contribution in [2.75, 3.05) is 0 Å². The Balaban J connectivity index is 2.04. The zero-order valence-electron chi connectivity index (χ0n) is 11.9. The number of aromatic nitrogens is 2. The van der Waals surface area contributed by atoms with Crippen LogP contribution in [0.25, 0.3) is 5.69 Å². The van der Waals surface area contributed by atoms with Crippen LogP contribution in [0, 0.1) is 24.4 Å². The largest absolute Gasteiger partial charge is 0.308 e. The molecule has 0 aliphatic heterocycles. The van der Waals surface area contributed by atoms with Gasteiger partial charge in [-0.2, -0.15) is 5.10 Å². The van der Waals surface area contributed by atoms with Crippen LogP contribution in [0.5, 0.6) is 0 Å². The molecule has 0 amide bonds. The molecule has 7 heteroatoms. The Labute approximate surface area is 124 Å². The normalized spacial score (nSPS) is 14.4. The number of nitrogens with one attached hydrogen (secondary N) is 1. The van der Waals surface area contributed by atoms with E-state index < -0.39 is 17.5 Å². The van der Waals surface area contributed by atoms with Crippen LogP contribution in [0.3, 0.4) is 0 Å². The molecule has 1 N–H and O–H groups in total. The van der Waals surface area contributed by atoms with E-state index in [9.17, 15) is 18.0 Å². The standard InChI is InChI=1S/C15H14F3N3O/c1-8-6-13(22)11(7-19-9-2-3-9)20-21(8)12-5-4-10(16)14(17)15(12)18/h4-6,9,19H,2-3,7H2,1H3. The summed E-state index contributed by atoms with van der Waals surface area (Å²) in [6.45, 7) is 1.81. The second-order valence-electron chi connectivity index (χ2n) is 5.36. The first-order valence-corrected chi connectivity index (χ1v) is 6.94. The first-order valence-electron chi connectivity index (χ1n) is 6.94. The average molecular weight is 309 g/mol. The maximum absolute atomic E-state index is 13.9. The number of aryl methyl sites for hydroxylation is 1. The topological polar surface area (TPSA) is 46.9 Å². The molecule has 0 unspecified atom stereocenters. The Morgan fingerprint density at radius 1 is 1.27 bits per heavy atom. The molecule has 0 atom stereocenters. The van der Waals surface area contributed by atoms with Crippen molar-refractivity contribution in [2.24, 2.45) is 0 Å². The molecule has 0 spiro atoms. The van der Waals surface area contributed by atoms with Crippen molar-refractivity contribution >= 4 is 0 Å². The van der Waals surface area contributed by atoms with Gasteiger partial charge in [-0.3, -0.25) is 4.79 Å². The van der Waals surface area contributed by atoms with Crippen LogP contribution < -0.4 is 10.7 Å². The van der Waals surface area contributed by atoms with E-state index in [-0.39, 0.29) is 23.4 Å². The summed E-state index contributed by atoms with van der Waals surface area (Å²) >= 11 is 0. The zero-order valence-corrected chi connectivity index (χ0v) is 11.9. The van der Waals surface area contributed by atoms with Crippen molar-refractivity contribution in [1.29, 1.82) is 0 Å². The third-order valence-corrected chi connectivity index (χ3v) is 3.56. The van der Waals surface area contributed by atoms with E-state index in [0.29, 0.717) is 11.7 Å². The van der Waals surface area contributed by atoms with Crippen molar-refractivity contribution in [3.63, 3.8) is 0 Å². The van der Waals surface area contributed by atoms with E-state index in [1.54, 1.807) is 6.92 Å². The molecule has 1 aliphatic carbocycles. The maximum Gasteiger partial charge on any atom is 0.204 e. The molecule has 1 heterocycles. The Kier molecular flexibility index (Phi) is 3.74. The lowest BCUT2D eigenvalue weighted by molar-refractivity contribution is 0.442. The van der Waals surface area contributed by atoms with Gasteiger partial charge in [0, 0.05) is 24.3 Å². The highest BCUT2D eigenvalue weighted by Gasteiger charge is 2.22. The monoisotopic (exact) mass is 309 g/mol. The second kappa shape index (κ2) is 5.57. The molecular weight excluding hydrogens is 295 g/mol. The van der Waals surface area contributed by atoms with E-state index in [1.165, 1.54) is 6.07 Å². The molecule has 3 rings (SSSR count).